The highest BCUT2D eigenvalue weighted by Crippen LogP contribution is 2.35. The molecule has 0 saturated carbocycles. The topological polar surface area (TPSA) is 55.8 Å². The molecule has 1 N–H and O–H groups in total. The lowest BCUT2D eigenvalue weighted by atomic mass is 9.77. The molecule has 4 nitrogen and oxygen atoms in total. The van der Waals surface area contributed by atoms with Gasteiger partial charge in [0, 0.05) is 11.8 Å². The summed E-state index contributed by atoms with van der Waals surface area (Å²) in [5.74, 6) is -0.344. The van der Waals surface area contributed by atoms with Gasteiger partial charge in [-0.05, 0) is 52.9 Å². The number of rotatable bonds is 11. The van der Waals surface area contributed by atoms with Crippen LogP contribution in [-0.2, 0) is 14.3 Å². The van der Waals surface area contributed by atoms with Crippen LogP contribution in [0, 0.1) is 11.8 Å². The minimum absolute atomic E-state index is 0.122. The first-order valence-electron chi connectivity index (χ1n) is 10.4. The number of hydrogen-bond acceptors (Lipinski definition) is 4. The standard InChI is InChI=1S/C25H38O4/c1-8-20(14-10-13-18(4)12-9-11-17(2)3)15-16-21-19(5)22(26)24(28-6)25(29-7)23(21)27/h8,11,13,15,19,21,23,27H,1,9-10,12,14,16H2,2-7H3. The van der Waals surface area contributed by atoms with Gasteiger partial charge < -0.3 is 14.6 Å². The van der Waals surface area contributed by atoms with Crippen molar-refractivity contribution in [2.45, 2.75) is 65.9 Å². The van der Waals surface area contributed by atoms with Crippen molar-refractivity contribution in [2.75, 3.05) is 14.2 Å². The Bertz CT molecular complexity index is 690. The minimum Gasteiger partial charge on any atom is -0.494 e. The molecular formula is C25H38O4. The number of carbonyl (C=O) groups excluding carboxylic acids is 1. The van der Waals surface area contributed by atoms with E-state index in [1.54, 1.807) is 0 Å². The van der Waals surface area contributed by atoms with Gasteiger partial charge >= 0.3 is 0 Å². The summed E-state index contributed by atoms with van der Waals surface area (Å²) in [4.78, 5) is 12.5. The molecule has 0 saturated heterocycles. The smallest absolute Gasteiger partial charge is 0.204 e. The monoisotopic (exact) mass is 402 g/mol. The largest absolute Gasteiger partial charge is 0.494 e. The maximum absolute atomic E-state index is 12.5. The van der Waals surface area contributed by atoms with E-state index in [0.717, 1.165) is 31.3 Å². The zero-order valence-corrected chi connectivity index (χ0v) is 19.0. The quantitative estimate of drug-likeness (QED) is 0.358. The van der Waals surface area contributed by atoms with Crippen molar-refractivity contribution >= 4 is 5.78 Å². The highest BCUT2D eigenvalue weighted by Gasteiger charge is 2.42. The van der Waals surface area contributed by atoms with Gasteiger partial charge in [-0.15, -0.1) is 0 Å². The zero-order valence-electron chi connectivity index (χ0n) is 19.0. The molecule has 1 aliphatic rings. The zero-order chi connectivity index (χ0) is 22.0. The van der Waals surface area contributed by atoms with E-state index in [9.17, 15) is 9.90 Å². The second-order valence-corrected chi connectivity index (χ2v) is 7.99. The molecule has 0 heterocycles. The van der Waals surface area contributed by atoms with Crippen molar-refractivity contribution in [3.8, 4) is 0 Å². The Labute approximate surface area is 176 Å². The van der Waals surface area contributed by atoms with Crippen LogP contribution in [0.3, 0.4) is 0 Å². The summed E-state index contributed by atoms with van der Waals surface area (Å²) in [7, 11) is 2.88. The maximum Gasteiger partial charge on any atom is 0.204 e. The summed E-state index contributed by atoms with van der Waals surface area (Å²) in [6, 6.07) is 0. The predicted octanol–water partition coefficient (Wildman–Crippen LogP) is 5.66. The highest BCUT2D eigenvalue weighted by molar-refractivity contribution is 5.97. The van der Waals surface area contributed by atoms with Crippen molar-refractivity contribution in [3.63, 3.8) is 0 Å². The van der Waals surface area contributed by atoms with Crippen molar-refractivity contribution in [1.29, 1.82) is 0 Å². The fourth-order valence-electron chi connectivity index (χ4n) is 3.62. The molecule has 0 bridgehead atoms. The Balaban J connectivity index is 2.74. The highest BCUT2D eigenvalue weighted by atomic mass is 16.5. The Morgan fingerprint density at radius 2 is 1.72 bits per heavy atom. The van der Waals surface area contributed by atoms with E-state index >= 15 is 0 Å². The van der Waals surface area contributed by atoms with Crippen molar-refractivity contribution < 1.29 is 19.4 Å². The third-order valence-corrected chi connectivity index (χ3v) is 5.53. The molecule has 0 aromatic carbocycles. The Morgan fingerprint density at radius 3 is 2.28 bits per heavy atom. The van der Waals surface area contributed by atoms with Crippen LogP contribution in [0.1, 0.15) is 59.8 Å². The predicted molar refractivity (Wildman–Crippen MR) is 119 cm³/mol. The summed E-state index contributed by atoms with van der Waals surface area (Å²) < 4.78 is 10.4. The molecule has 0 amide bonds. The lowest BCUT2D eigenvalue weighted by Crippen LogP contribution is -2.40. The van der Waals surface area contributed by atoms with Crippen LogP contribution in [0.15, 0.2) is 59.1 Å². The van der Waals surface area contributed by atoms with E-state index in [1.165, 1.54) is 25.4 Å². The summed E-state index contributed by atoms with van der Waals surface area (Å²) in [6.07, 6.45) is 12.2. The molecule has 0 fully saturated rings. The molecule has 3 unspecified atom stereocenters. The molecule has 0 aliphatic heterocycles. The van der Waals surface area contributed by atoms with Crippen LogP contribution < -0.4 is 0 Å². The van der Waals surface area contributed by atoms with E-state index in [1.807, 2.05) is 13.0 Å². The van der Waals surface area contributed by atoms with Crippen LogP contribution in [0.4, 0.5) is 0 Å². The van der Waals surface area contributed by atoms with Crippen LogP contribution in [-0.4, -0.2) is 31.2 Å². The second kappa shape index (κ2) is 12.5. The van der Waals surface area contributed by atoms with Gasteiger partial charge in [0.25, 0.3) is 0 Å². The molecule has 0 aromatic heterocycles. The second-order valence-electron chi connectivity index (χ2n) is 7.99. The van der Waals surface area contributed by atoms with Crippen molar-refractivity contribution in [3.05, 3.63) is 59.1 Å². The van der Waals surface area contributed by atoms with Crippen LogP contribution in [0.25, 0.3) is 0 Å². The summed E-state index contributed by atoms with van der Waals surface area (Å²) in [6.45, 7) is 12.2. The fraction of sp³-hybridized carbons (Fsp3) is 0.560. The molecule has 3 atom stereocenters. The summed E-state index contributed by atoms with van der Waals surface area (Å²) in [5, 5.41) is 10.7. The Hall–Kier alpha value is -2.07. The number of aliphatic hydroxyl groups excluding tert-OH is 1. The maximum atomic E-state index is 12.5. The molecule has 0 aromatic rings. The molecule has 1 rings (SSSR count). The number of aliphatic hydroxyl groups is 1. The fourth-order valence-corrected chi connectivity index (χ4v) is 3.62. The third-order valence-electron chi connectivity index (χ3n) is 5.53. The number of ketones is 1. The normalized spacial score (nSPS) is 23.1. The van der Waals surface area contributed by atoms with Crippen LogP contribution in [0.5, 0.6) is 0 Å². The van der Waals surface area contributed by atoms with Crippen LogP contribution >= 0.6 is 0 Å². The molecule has 29 heavy (non-hydrogen) atoms. The Kier molecular flexibility index (Phi) is 10.7. The van der Waals surface area contributed by atoms with Gasteiger partial charge in [0.05, 0.1) is 14.2 Å². The number of allylic oxidation sites excluding steroid dienone is 8. The number of methoxy groups -OCH3 is 2. The van der Waals surface area contributed by atoms with Gasteiger partial charge in [-0.25, -0.2) is 0 Å². The number of ether oxygens (including phenoxy) is 2. The van der Waals surface area contributed by atoms with E-state index in [2.05, 4.69) is 45.6 Å². The molecule has 4 heteroatoms. The van der Waals surface area contributed by atoms with E-state index in [0.29, 0.717) is 6.42 Å². The molecule has 162 valence electrons. The number of hydrogen-bond donors (Lipinski definition) is 1. The van der Waals surface area contributed by atoms with E-state index in [4.69, 9.17) is 9.47 Å². The SMILES string of the molecule is C=CC(=CCC1C(C)C(=O)C(OC)=C(OC)C1O)CCC=C(C)CCC=C(C)C. The van der Waals surface area contributed by atoms with E-state index < -0.39 is 6.10 Å². The summed E-state index contributed by atoms with van der Waals surface area (Å²) >= 11 is 0. The van der Waals surface area contributed by atoms with Gasteiger partial charge in [-0.1, -0.05) is 54.5 Å². The molecule has 0 radical (unpaired) electrons. The minimum atomic E-state index is -0.859. The van der Waals surface area contributed by atoms with Crippen molar-refractivity contribution in [2.24, 2.45) is 11.8 Å². The van der Waals surface area contributed by atoms with Crippen molar-refractivity contribution in [1.82, 2.24) is 0 Å². The number of carbonyl (C=O) groups is 1. The average Bonchev–Trinajstić information content (AvgIpc) is 2.68. The number of Topliss-reactive ketones (excluding diaryl/α,β-unsaturated/α-hetero) is 1. The third kappa shape index (κ3) is 7.36. The van der Waals surface area contributed by atoms with Gasteiger partial charge in [0.2, 0.25) is 11.5 Å². The van der Waals surface area contributed by atoms with Crippen LogP contribution in [0.2, 0.25) is 0 Å². The molecule has 0 spiro atoms. The average molecular weight is 403 g/mol. The van der Waals surface area contributed by atoms with Gasteiger partial charge in [-0.2, -0.15) is 0 Å². The molecule has 1 aliphatic carbocycles. The summed E-state index contributed by atoms with van der Waals surface area (Å²) in [5.41, 5.74) is 3.89. The first-order valence-corrected chi connectivity index (χ1v) is 10.4. The lowest BCUT2D eigenvalue weighted by Gasteiger charge is -2.33. The first kappa shape index (κ1) is 25.0. The van der Waals surface area contributed by atoms with Gasteiger partial charge in [-0.3, -0.25) is 4.79 Å². The lowest BCUT2D eigenvalue weighted by molar-refractivity contribution is -0.128. The van der Waals surface area contributed by atoms with Gasteiger partial charge in [0.15, 0.2) is 5.76 Å². The molecular weight excluding hydrogens is 364 g/mol. The van der Waals surface area contributed by atoms with E-state index in [-0.39, 0.29) is 29.1 Å². The first-order chi connectivity index (χ1) is 13.8. The Morgan fingerprint density at radius 1 is 1.07 bits per heavy atom. The van der Waals surface area contributed by atoms with Gasteiger partial charge in [0.1, 0.15) is 6.10 Å².